The van der Waals surface area contributed by atoms with E-state index in [0.29, 0.717) is 30.2 Å². The van der Waals surface area contributed by atoms with Crippen molar-refractivity contribution in [3.8, 4) is 5.88 Å². The van der Waals surface area contributed by atoms with Crippen molar-refractivity contribution in [2.75, 3.05) is 18.9 Å². The van der Waals surface area contributed by atoms with Crippen LogP contribution in [-0.4, -0.2) is 45.0 Å². The summed E-state index contributed by atoms with van der Waals surface area (Å²) in [5.74, 6) is 0.762. The van der Waals surface area contributed by atoms with Crippen LogP contribution in [0.1, 0.15) is 26.7 Å². The van der Waals surface area contributed by atoms with E-state index in [-0.39, 0.29) is 29.7 Å². The number of ether oxygens (including phenoxy) is 1. The van der Waals surface area contributed by atoms with Crippen molar-refractivity contribution in [2.45, 2.75) is 32.7 Å². The van der Waals surface area contributed by atoms with Gasteiger partial charge in [0.1, 0.15) is 12.1 Å². The van der Waals surface area contributed by atoms with Gasteiger partial charge in [0.2, 0.25) is 17.7 Å². The highest BCUT2D eigenvalue weighted by molar-refractivity contribution is 5.79. The molecule has 1 atom stereocenters. The maximum atomic E-state index is 12.1. The smallest absolute Gasteiger partial charge is 0.245 e. The normalized spacial score (nSPS) is 22.4. The van der Waals surface area contributed by atoms with Crippen molar-refractivity contribution < 1.29 is 9.53 Å². The van der Waals surface area contributed by atoms with Crippen LogP contribution in [0.5, 0.6) is 5.88 Å². The standard InChI is InChI=1S/C19H23N7O2.C2H6/c20-14-6-13(7-14)17(27)22-8-11-2-1-3-12(5-4-11)9-28-18-15-16(24-10-23-15)25-19(21)26-18;1-2/h1-5,10-11,13-14H,6-9,20H2,(H,22,27)(H3,21,23,24,25,26);1-2H3. The van der Waals surface area contributed by atoms with Gasteiger partial charge in [-0.15, -0.1) is 0 Å². The predicted molar refractivity (Wildman–Crippen MR) is 117 cm³/mol. The van der Waals surface area contributed by atoms with E-state index in [4.69, 9.17) is 16.2 Å². The molecule has 30 heavy (non-hydrogen) atoms. The van der Waals surface area contributed by atoms with Crippen LogP contribution in [0, 0.1) is 11.8 Å². The maximum absolute atomic E-state index is 12.1. The van der Waals surface area contributed by atoms with Crippen molar-refractivity contribution in [3.63, 3.8) is 0 Å². The summed E-state index contributed by atoms with van der Waals surface area (Å²) in [6, 6.07) is 0.174. The maximum Gasteiger partial charge on any atom is 0.245 e. The van der Waals surface area contributed by atoms with Gasteiger partial charge in [-0.2, -0.15) is 9.97 Å². The van der Waals surface area contributed by atoms with Crippen LogP contribution in [0.3, 0.4) is 0 Å². The Morgan fingerprint density at radius 2 is 2.10 bits per heavy atom. The summed E-state index contributed by atoms with van der Waals surface area (Å²) in [4.78, 5) is 27.3. The third-order valence-corrected chi connectivity index (χ3v) is 4.93. The molecule has 2 aliphatic rings. The summed E-state index contributed by atoms with van der Waals surface area (Å²) in [5, 5.41) is 3.01. The summed E-state index contributed by atoms with van der Waals surface area (Å²) in [7, 11) is 0. The summed E-state index contributed by atoms with van der Waals surface area (Å²) < 4.78 is 5.81. The Labute approximate surface area is 175 Å². The third kappa shape index (κ3) is 5.24. The van der Waals surface area contributed by atoms with Gasteiger partial charge in [0, 0.05) is 24.4 Å². The number of nitrogen functional groups attached to an aromatic ring is 1. The Kier molecular flexibility index (Phi) is 7.18. The van der Waals surface area contributed by atoms with Crippen LogP contribution in [-0.2, 0) is 4.79 Å². The zero-order chi connectivity index (χ0) is 21.5. The fourth-order valence-corrected chi connectivity index (χ4v) is 3.24. The molecule has 0 bridgehead atoms. The van der Waals surface area contributed by atoms with E-state index in [2.05, 4.69) is 25.3 Å². The number of imidazole rings is 1. The average Bonchev–Trinajstić information content (AvgIpc) is 3.08. The molecule has 4 rings (SSSR count). The molecular weight excluding hydrogens is 382 g/mol. The van der Waals surface area contributed by atoms with E-state index in [9.17, 15) is 4.79 Å². The van der Waals surface area contributed by atoms with Gasteiger partial charge in [0.15, 0.2) is 5.65 Å². The minimum atomic E-state index is 0.0652. The quantitative estimate of drug-likeness (QED) is 0.567. The lowest BCUT2D eigenvalue weighted by Gasteiger charge is -2.31. The zero-order valence-corrected chi connectivity index (χ0v) is 17.3. The number of nitrogens with zero attached hydrogens (tertiary/aromatic N) is 3. The first-order valence-corrected chi connectivity index (χ1v) is 10.3. The summed E-state index contributed by atoms with van der Waals surface area (Å²) >= 11 is 0. The summed E-state index contributed by atoms with van der Waals surface area (Å²) in [5.41, 5.74) is 13.5. The highest BCUT2D eigenvalue weighted by atomic mass is 16.5. The van der Waals surface area contributed by atoms with Crippen LogP contribution in [0.2, 0.25) is 0 Å². The van der Waals surface area contributed by atoms with Crippen LogP contribution in [0.25, 0.3) is 11.2 Å². The van der Waals surface area contributed by atoms with Gasteiger partial charge in [0.05, 0.1) is 6.33 Å². The second-order valence-corrected chi connectivity index (χ2v) is 7.10. The molecule has 9 heteroatoms. The van der Waals surface area contributed by atoms with Gasteiger partial charge in [-0.25, -0.2) is 4.98 Å². The molecule has 0 aliphatic heterocycles. The Morgan fingerprint density at radius 1 is 1.30 bits per heavy atom. The van der Waals surface area contributed by atoms with Crippen molar-refractivity contribution in [2.24, 2.45) is 17.6 Å². The molecule has 6 N–H and O–H groups in total. The van der Waals surface area contributed by atoms with Crippen LogP contribution >= 0.6 is 0 Å². The predicted octanol–water partition coefficient (Wildman–Crippen LogP) is 1.86. The molecule has 0 saturated heterocycles. The molecule has 0 spiro atoms. The average molecular weight is 412 g/mol. The van der Waals surface area contributed by atoms with Gasteiger partial charge in [-0.05, 0) is 18.4 Å². The molecule has 2 heterocycles. The summed E-state index contributed by atoms with van der Waals surface area (Å²) in [6.45, 7) is 4.89. The first-order valence-electron chi connectivity index (χ1n) is 10.3. The Bertz CT molecular complexity index is 957. The van der Waals surface area contributed by atoms with Crippen LogP contribution in [0.4, 0.5) is 5.95 Å². The monoisotopic (exact) mass is 411 g/mol. The number of amides is 1. The Balaban J connectivity index is 0.00000124. The number of aromatic nitrogens is 4. The molecule has 2 aromatic rings. The van der Waals surface area contributed by atoms with Gasteiger partial charge >= 0.3 is 0 Å². The fraction of sp³-hybridized carbons (Fsp3) is 0.429. The number of anilines is 1. The van der Waals surface area contributed by atoms with Crippen LogP contribution in [0.15, 0.2) is 42.3 Å². The number of fused-ring (bicyclic) bond motifs is 1. The van der Waals surface area contributed by atoms with Gasteiger partial charge in [-0.1, -0.05) is 44.2 Å². The fourth-order valence-electron chi connectivity index (χ4n) is 3.24. The molecule has 1 fully saturated rings. The van der Waals surface area contributed by atoms with Gasteiger partial charge in [-0.3, -0.25) is 4.79 Å². The first-order chi connectivity index (χ1) is 14.6. The number of aromatic amines is 1. The lowest BCUT2D eigenvalue weighted by atomic mass is 9.80. The number of carbonyl (C=O) groups excluding carboxylic acids is 1. The first kappa shape index (κ1) is 21.5. The molecule has 2 aromatic heterocycles. The van der Waals surface area contributed by atoms with E-state index in [1.807, 2.05) is 44.2 Å². The number of nitrogens with one attached hydrogen (secondary N) is 2. The van der Waals surface area contributed by atoms with Gasteiger partial charge in [0.25, 0.3) is 0 Å². The number of carbonyl (C=O) groups is 1. The van der Waals surface area contributed by atoms with E-state index in [1.165, 1.54) is 6.33 Å². The number of H-pyrrole nitrogens is 1. The number of allylic oxidation sites excluding steroid dienone is 2. The summed E-state index contributed by atoms with van der Waals surface area (Å²) in [6.07, 6.45) is 13.1. The highest BCUT2D eigenvalue weighted by Gasteiger charge is 2.31. The van der Waals surface area contributed by atoms with Crippen LogP contribution < -0.4 is 21.5 Å². The highest BCUT2D eigenvalue weighted by Crippen LogP contribution is 2.25. The molecule has 2 aliphatic carbocycles. The lowest BCUT2D eigenvalue weighted by molar-refractivity contribution is -0.127. The molecule has 160 valence electrons. The van der Waals surface area contributed by atoms with E-state index >= 15 is 0 Å². The molecule has 9 nitrogen and oxygen atoms in total. The second kappa shape index (κ2) is 10.0. The number of hydrogen-bond donors (Lipinski definition) is 4. The topological polar surface area (TPSA) is 145 Å². The number of hydrogen-bond acceptors (Lipinski definition) is 7. The molecule has 1 saturated carbocycles. The van der Waals surface area contributed by atoms with Crippen molar-refractivity contribution in [3.05, 3.63) is 42.3 Å². The molecule has 0 aromatic carbocycles. The molecule has 1 amide bonds. The third-order valence-electron chi connectivity index (χ3n) is 4.93. The van der Waals surface area contributed by atoms with E-state index < -0.39 is 0 Å². The van der Waals surface area contributed by atoms with E-state index in [0.717, 1.165) is 18.4 Å². The molecule has 1 unspecified atom stereocenters. The SMILES string of the molecule is CC.Nc1nc(OCC2=CC=CC(CNC(=O)C3CC(N)C3)C=C2)c2[nH]cnc2n1. The van der Waals surface area contributed by atoms with Crippen molar-refractivity contribution in [1.82, 2.24) is 25.3 Å². The number of nitrogens with two attached hydrogens (primary N) is 2. The zero-order valence-electron chi connectivity index (χ0n) is 17.3. The van der Waals surface area contributed by atoms with Crippen molar-refractivity contribution >= 4 is 23.0 Å². The minimum absolute atomic E-state index is 0.0652. The lowest BCUT2D eigenvalue weighted by Crippen LogP contribution is -2.45. The van der Waals surface area contributed by atoms with E-state index in [1.54, 1.807) is 0 Å². The molecule has 0 radical (unpaired) electrons. The van der Waals surface area contributed by atoms with Gasteiger partial charge < -0.3 is 26.5 Å². The minimum Gasteiger partial charge on any atom is -0.471 e. The number of rotatable bonds is 6. The Morgan fingerprint density at radius 3 is 2.87 bits per heavy atom. The van der Waals surface area contributed by atoms with Crippen molar-refractivity contribution in [1.29, 1.82) is 0 Å². The largest absolute Gasteiger partial charge is 0.471 e. The molecular formula is C21H29N7O2. The second-order valence-electron chi connectivity index (χ2n) is 7.10. The Hall–Kier alpha value is -3.20.